The molecule has 0 unspecified atom stereocenters. The lowest BCUT2D eigenvalue weighted by atomic mass is 10.2. The molecular weight excluding hydrogens is 236 g/mol. The van der Waals surface area contributed by atoms with Crippen molar-refractivity contribution in [3.63, 3.8) is 0 Å². The molecule has 2 heterocycles. The SMILES string of the molecule is CNc1cnccc1C(=O)Nc1nc(C)cs1. The van der Waals surface area contributed by atoms with Gasteiger partial charge in [-0.1, -0.05) is 0 Å². The number of hydrogen-bond donors (Lipinski definition) is 2. The Bertz CT molecular complexity index is 538. The first kappa shape index (κ1) is 11.5. The minimum atomic E-state index is -0.189. The second-order valence-electron chi connectivity index (χ2n) is 3.42. The molecule has 0 saturated heterocycles. The first-order chi connectivity index (χ1) is 8.20. The number of carbonyl (C=O) groups is 1. The fraction of sp³-hybridized carbons (Fsp3) is 0.182. The quantitative estimate of drug-likeness (QED) is 0.873. The number of carbonyl (C=O) groups excluding carboxylic acids is 1. The summed E-state index contributed by atoms with van der Waals surface area (Å²) in [6, 6.07) is 1.67. The number of aromatic nitrogens is 2. The van der Waals surface area contributed by atoms with Crippen LogP contribution in [0.3, 0.4) is 0 Å². The molecule has 0 radical (unpaired) electrons. The fourth-order valence-electron chi connectivity index (χ4n) is 1.37. The predicted molar refractivity (Wildman–Crippen MR) is 68.6 cm³/mol. The molecular formula is C11H12N4OS. The number of amides is 1. The maximum absolute atomic E-state index is 12.0. The zero-order valence-electron chi connectivity index (χ0n) is 9.52. The molecule has 0 atom stereocenters. The van der Waals surface area contributed by atoms with E-state index < -0.39 is 0 Å². The molecule has 5 nitrogen and oxygen atoms in total. The third-order valence-corrected chi connectivity index (χ3v) is 3.05. The monoisotopic (exact) mass is 248 g/mol. The van der Waals surface area contributed by atoms with Crippen molar-refractivity contribution in [2.24, 2.45) is 0 Å². The molecule has 0 spiro atoms. The molecule has 2 aromatic heterocycles. The van der Waals surface area contributed by atoms with Gasteiger partial charge < -0.3 is 5.32 Å². The summed E-state index contributed by atoms with van der Waals surface area (Å²) in [7, 11) is 1.75. The van der Waals surface area contributed by atoms with Crippen LogP contribution in [0.5, 0.6) is 0 Å². The van der Waals surface area contributed by atoms with E-state index in [1.165, 1.54) is 11.3 Å². The van der Waals surface area contributed by atoms with Gasteiger partial charge in [-0.15, -0.1) is 11.3 Å². The van der Waals surface area contributed by atoms with Crippen LogP contribution in [0, 0.1) is 6.92 Å². The third kappa shape index (κ3) is 2.59. The zero-order valence-corrected chi connectivity index (χ0v) is 10.3. The lowest BCUT2D eigenvalue weighted by Crippen LogP contribution is -2.14. The summed E-state index contributed by atoms with van der Waals surface area (Å²) in [6.07, 6.45) is 3.20. The topological polar surface area (TPSA) is 66.9 Å². The number of anilines is 2. The molecule has 1 amide bonds. The fourth-order valence-corrected chi connectivity index (χ4v) is 2.05. The van der Waals surface area contributed by atoms with Gasteiger partial charge in [0.2, 0.25) is 0 Å². The molecule has 6 heteroatoms. The minimum Gasteiger partial charge on any atom is -0.386 e. The van der Waals surface area contributed by atoms with Gasteiger partial charge in [0.15, 0.2) is 5.13 Å². The predicted octanol–water partition coefficient (Wildman–Crippen LogP) is 2.14. The van der Waals surface area contributed by atoms with Crippen LogP contribution in [0.25, 0.3) is 0 Å². The van der Waals surface area contributed by atoms with E-state index in [-0.39, 0.29) is 5.91 Å². The van der Waals surface area contributed by atoms with Crippen molar-refractivity contribution in [2.45, 2.75) is 6.92 Å². The van der Waals surface area contributed by atoms with Gasteiger partial charge in [0.25, 0.3) is 5.91 Å². The second kappa shape index (κ2) is 4.92. The Morgan fingerprint density at radius 1 is 1.47 bits per heavy atom. The number of rotatable bonds is 3. The van der Waals surface area contributed by atoms with Gasteiger partial charge in [-0.05, 0) is 13.0 Å². The van der Waals surface area contributed by atoms with Crippen molar-refractivity contribution < 1.29 is 4.79 Å². The summed E-state index contributed by atoms with van der Waals surface area (Å²) < 4.78 is 0. The number of nitrogens with zero attached hydrogens (tertiary/aromatic N) is 2. The van der Waals surface area contributed by atoms with Crippen LogP contribution in [0.2, 0.25) is 0 Å². The Hall–Kier alpha value is -1.95. The van der Waals surface area contributed by atoms with Crippen molar-refractivity contribution in [1.29, 1.82) is 0 Å². The van der Waals surface area contributed by atoms with Crippen LogP contribution in [0.15, 0.2) is 23.8 Å². The smallest absolute Gasteiger partial charge is 0.259 e. The second-order valence-corrected chi connectivity index (χ2v) is 4.28. The van der Waals surface area contributed by atoms with Crippen LogP contribution in [0.1, 0.15) is 16.1 Å². The Balaban J connectivity index is 2.20. The number of aryl methyl sites for hydroxylation is 1. The molecule has 0 aromatic carbocycles. The number of hydrogen-bond acceptors (Lipinski definition) is 5. The Labute approximate surface area is 103 Å². The van der Waals surface area contributed by atoms with Crippen molar-refractivity contribution >= 4 is 28.1 Å². The van der Waals surface area contributed by atoms with Crippen LogP contribution in [-0.2, 0) is 0 Å². The van der Waals surface area contributed by atoms with Gasteiger partial charge in [0, 0.05) is 18.6 Å². The maximum atomic E-state index is 12.0. The van der Waals surface area contributed by atoms with E-state index in [1.807, 2.05) is 12.3 Å². The number of nitrogens with one attached hydrogen (secondary N) is 2. The van der Waals surface area contributed by atoms with Crippen LogP contribution < -0.4 is 10.6 Å². The van der Waals surface area contributed by atoms with Crippen molar-refractivity contribution in [3.05, 3.63) is 35.1 Å². The summed E-state index contributed by atoms with van der Waals surface area (Å²) in [5, 5.41) is 8.17. The lowest BCUT2D eigenvalue weighted by Gasteiger charge is -2.06. The molecule has 0 aliphatic rings. The normalized spacial score (nSPS) is 10.0. The molecule has 0 saturated carbocycles. The van der Waals surface area contributed by atoms with Crippen LogP contribution in [-0.4, -0.2) is 22.9 Å². The van der Waals surface area contributed by atoms with E-state index in [4.69, 9.17) is 0 Å². The molecule has 2 N–H and O–H groups in total. The number of thiazole rings is 1. The summed E-state index contributed by atoms with van der Waals surface area (Å²) >= 11 is 1.41. The van der Waals surface area contributed by atoms with Crippen LogP contribution >= 0.6 is 11.3 Å². The molecule has 2 rings (SSSR count). The van der Waals surface area contributed by atoms with Crippen LogP contribution in [0.4, 0.5) is 10.8 Å². The highest BCUT2D eigenvalue weighted by Gasteiger charge is 2.11. The van der Waals surface area contributed by atoms with Gasteiger partial charge in [0.05, 0.1) is 23.1 Å². The average molecular weight is 248 g/mol. The molecule has 88 valence electrons. The Morgan fingerprint density at radius 3 is 2.94 bits per heavy atom. The van der Waals surface area contributed by atoms with Gasteiger partial charge in [-0.2, -0.15) is 0 Å². The van der Waals surface area contributed by atoms with Gasteiger partial charge in [-0.3, -0.25) is 15.1 Å². The molecule has 0 bridgehead atoms. The van der Waals surface area contributed by atoms with Crippen molar-refractivity contribution in [2.75, 3.05) is 17.7 Å². The maximum Gasteiger partial charge on any atom is 0.259 e. The third-order valence-electron chi connectivity index (χ3n) is 2.17. The summed E-state index contributed by atoms with van der Waals surface area (Å²) in [5.41, 5.74) is 2.14. The Kier molecular flexibility index (Phi) is 3.34. The molecule has 0 fully saturated rings. The molecule has 17 heavy (non-hydrogen) atoms. The minimum absolute atomic E-state index is 0.189. The molecule has 0 aliphatic heterocycles. The average Bonchev–Trinajstić information content (AvgIpc) is 2.74. The van der Waals surface area contributed by atoms with Gasteiger partial charge >= 0.3 is 0 Å². The van der Waals surface area contributed by atoms with E-state index >= 15 is 0 Å². The molecule has 0 aliphatic carbocycles. The van der Waals surface area contributed by atoms with E-state index in [0.717, 1.165) is 5.69 Å². The Morgan fingerprint density at radius 2 is 2.29 bits per heavy atom. The number of pyridine rings is 1. The van der Waals surface area contributed by atoms with E-state index in [0.29, 0.717) is 16.4 Å². The van der Waals surface area contributed by atoms with Gasteiger partial charge in [0.1, 0.15) is 0 Å². The standard InChI is InChI=1S/C11H12N4OS/c1-7-6-17-11(14-7)15-10(16)8-3-4-13-5-9(8)12-2/h3-6,12H,1-2H3,(H,14,15,16). The highest BCUT2D eigenvalue weighted by molar-refractivity contribution is 7.13. The molecule has 2 aromatic rings. The summed E-state index contributed by atoms with van der Waals surface area (Å²) in [6.45, 7) is 1.89. The van der Waals surface area contributed by atoms with Crippen molar-refractivity contribution in [3.8, 4) is 0 Å². The first-order valence-electron chi connectivity index (χ1n) is 5.06. The van der Waals surface area contributed by atoms with E-state index in [9.17, 15) is 4.79 Å². The highest BCUT2D eigenvalue weighted by atomic mass is 32.1. The summed E-state index contributed by atoms with van der Waals surface area (Å²) in [4.78, 5) is 20.1. The summed E-state index contributed by atoms with van der Waals surface area (Å²) in [5.74, 6) is -0.189. The van der Waals surface area contributed by atoms with E-state index in [2.05, 4.69) is 20.6 Å². The van der Waals surface area contributed by atoms with Crippen molar-refractivity contribution in [1.82, 2.24) is 9.97 Å². The lowest BCUT2D eigenvalue weighted by molar-refractivity contribution is 0.102. The zero-order chi connectivity index (χ0) is 12.3. The largest absolute Gasteiger partial charge is 0.386 e. The van der Waals surface area contributed by atoms with Gasteiger partial charge in [-0.25, -0.2) is 4.98 Å². The highest BCUT2D eigenvalue weighted by Crippen LogP contribution is 2.18. The first-order valence-corrected chi connectivity index (χ1v) is 5.94. The van der Waals surface area contributed by atoms with E-state index in [1.54, 1.807) is 25.5 Å².